The number of nitrogens with one attached hydrogen (secondary N) is 1. The molecule has 4 nitrogen and oxygen atoms in total. The second-order valence-corrected chi connectivity index (χ2v) is 2.61. The minimum absolute atomic E-state index is 0.207. The van der Waals surface area contributed by atoms with Crippen molar-refractivity contribution in [3.63, 3.8) is 0 Å². The van der Waals surface area contributed by atoms with Gasteiger partial charge >= 0.3 is 0 Å². The Morgan fingerprint density at radius 1 is 1.25 bits per heavy atom. The minimum Gasteiger partial charge on any atom is -0.508 e. The first-order chi connectivity index (χ1) is 7.79. The molecule has 0 saturated heterocycles. The summed E-state index contributed by atoms with van der Waals surface area (Å²) >= 11 is 0. The van der Waals surface area contributed by atoms with E-state index >= 15 is 0 Å². The maximum absolute atomic E-state index is 10.4. The van der Waals surface area contributed by atoms with Gasteiger partial charge in [0.2, 0.25) is 0 Å². The third kappa shape index (κ3) is 3.40. The molecule has 0 aliphatic rings. The third-order valence-corrected chi connectivity index (χ3v) is 1.75. The van der Waals surface area contributed by atoms with Gasteiger partial charge in [-0.25, -0.2) is 0 Å². The fourth-order valence-corrected chi connectivity index (χ4v) is 1.21. The van der Waals surface area contributed by atoms with E-state index in [1.807, 2.05) is 13.8 Å². The Hall–Kier alpha value is -1.81. The van der Waals surface area contributed by atoms with Crippen molar-refractivity contribution in [2.75, 3.05) is 7.05 Å². The molecule has 0 saturated carbocycles. The lowest BCUT2D eigenvalue weighted by Gasteiger charge is -1.89. The Labute approximate surface area is 95.1 Å². The molecule has 0 spiro atoms. The number of carbonyl (C=O) groups excluding carboxylic acids is 1. The van der Waals surface area contributed by atoms with Crippen molar-refractivity contribution >= 4 is 17.2 Å². The number of aldehydes is 1. The van der Waals surface area contributed by atoms with Crippen LogP contribution in [-0.2, 0) is 0 Å². The summed E-state index contributed by atoms with van der Waals surface area (Å²) in [5.74, 6) is 0.207. The second-order valence-electron chi connectivity index (χ2n) is 2.61. The summed E-state index contributed by atoms with van der Waals surface area (Å²) in [6.45, 7) is 4.00. The normalized spacial score (nSPS) is 8.50. The number of rotatable bonds is 1. The number of aromatic hydroxyl groups is 1. The van der Waals surface area contributed by atoms with Crippen molar-refractivity contribution in [1.82, 2.24) is 4.98 Å². The van der Waals surface area contributed by atoms with Crippen LogP contribution in [0.5, 0.6) is 5.75 Å². The zero-order valence-electron chi connectivity index (χ0n) is 9.82. The van der Waals surface area contributed by atoms with Crippen LogP contribution >= 0.6 is 0 Å². The van der Waals surface area contributed by atoms with Gasteiger partial charge in [-0.2, -0.15) is 0 Å². The number of benzene rings is 1. The molecule has 4 N–H and O–H groups in total. The van der Waals surface area contributed by atoms with Gasteiger partial charge in [-0.1, -0.05) is 13.8 Å². The predicted octanol–water partition coefficient (Wildman–Crippen LogP) is 2.29. The van der Waals surface area contributed by atoms with Crippen LogP contribution in [0, 0.1) is 0 Å². The molecule has 1 heterocycles. The average molecular weight is 222 g/mol. The molecule has 1 aromatic heterocycles. The molecule has 88 valence electrons. The van der Waals surface area contributed by atoms with E-state index in [4.69, 9.17) is 5.11 Å². The predicted molar refractivity (Wildman–Crippen MR) is 66.8 cm³/mol. The Bertz CT molecular complexity index is 436. The van der Waals surface area contributed by atoms with Gasteiger partial charge in [-0.15, -0.1) is 0 Å². The SMILES string of the molecule is CC.CN.O=Cc1cc2cc(O)ccc2[nH]1. The van der Waals surface area contributed by atoms with Crippen LogP contribution in [-0.4, -0.2) is 23.4 Å². The first kappa shape index (κ1) is 14.2. The molecule has 0 fully saturated rings. The molecular formula is C12H18N2O2. The van der Waals surface area contributed by atoms with E-state index in [0.717, 1.165) is 17.2 Å². The monoisotopic (exact) mass is 222 g/mol. The van der Waals surface area contributed by atoms with E-state index < -0.39 is 0 Å². The van der Waals surface area contributed by atoms with Gasteiger partial charge in [0.05, 0.1) is 5.69 Å². The highest BCUT2D eigenvalue weighted by molar-refractivity contribution is 5.88. The van der Waals surface area contributed by atoms with E-state index in [1.165, 1.54) is 7.05 Å². The van der Waals surface area contributed by atoms with Gasteiger partial charge < -0.3 is 15.8 Å². The molecule has 0 aliphatic heterocycles. The number of aromatic amines is 1. The van der Waals surface area contributed by atoms with E-state index in [9.17, 15) is 4.79 Å². The lowest BCUT2D eigenvalue weighted by molar-refractivity contribution is 0.112. The highest BCUT2D eigenvalue weighted by atomic mass is 16.3. The van der Waals surface area contributed by atoms with Gasteiger partial charge in [0.25, 0.3) is 0 Å². The number of aromatic nitrogens is 1. The molecule has 0 unspecified atom stereocenters. The Kier molecular flexibility index (Phi) is 6.63. The Balaban J connectivity index is 0.000000509. The molecule has 0 amide bonds. The first-order valence-corrected chi connectivity index (χ1v) is 5.14. The number of phenols is 1. The topological polar surface area (TPSA) is 79.1 Å². The molecule has 0 radical (unpaired) electrons. The molecule has 1 aromatic carbocycles. The van der Waals surface area contributed by atoms with Gasteiger partial charge in [-0.05, 0) is 31.3 Å². The summed E-state index contributed by atoms with van der Waals surface area (Å²) in [6.07, 6.45) is 0.747. The van der Waals surface area contributed by atoms with E-state index in [1.54, 1.807) is 24.3 Å². The fourth-order valence-electron chi connectivity index (χ4n) is 1.21. The molecule has 4 heteroatoms. The third-order valence-electron chi connectivity index (χ3n) is 1.75. The van der Waals surface area contributed by atoms with Gasteiger partial charge in [0.1, 0.15) is 5.75 Å². The summed E-state index contributed by atoms with van der Waals surface area (Å²) in [6, 6.07) is 6.62. The van der Waals surface area contributed by atoms with Crippen LogP contribution in [0.25, 0.3) is 10.9 Å². The van der Waals surface area contributed by atoms with Crippen LogP contribution in [0.15, 0.2) is 24.3 Å². The summed E-state index contributed by atoms with van der Waals surface area (Å²) in [7, 11) is 1.50. The van der Waals surface area contributed by atoms with Crippen LogP contribution in [0.1, 0.15) is 24.3 Å². The highest BCUT2D eigenvalue weighted by Gasteiger charge is 1.99. The zero-order valence-corrected chi connectivity index (χ0v) is 9.82. The number of phenolic OH excluding ortho intramolecular Hbond substituents is 1. The molecular weight excluding hydrogens is 204 g/mol. The smallest absolute Gasteiger partial charge is 0.166 e. The van der Waals surface area contributed by atoms with Crippen molar-refractivity contribution in [2.24, 2.45) is 5.73 Å². The van der Waals surface area contributed by atoms with Crippen molar-refractivity contribution in [3.05, 3.63) is 30.0 Å². The fraction of sp³-hybridized carbons (Fsp3) is 0.250. The number of H-pyrrole nitrogens is 1. The maximum atomic E-state index is 10.4. The van der Waals surface area contributed by atoms with Crippen LogP contribution < -0.4 is 5.73 Å². The summed E-state index contributed by atoms with van der Waals surface area (Å²) in [4.78, 5) is 13.3. The standard InChI is InChI=1S/C9H7NO2.C2H6.CH5N/c11-5-7-3-6-4-8(12)1-2-9(6)10-7;2*1-2/h1-5,10,12H;1-2H3;2H2,1H3. The average Bonchev–Trinajstić information content (AvgIpc) is 2.76. The lowest BCUT2D eigenvalue weighted by atomic mass is 10.2. The number of nitrogens with two attached hydrogens (primary N) is 1. The number of hydrogen-bond acceptors (Lipinski definition) is 3. The first-order valence-electron chi connectivity index (χ1n) is 5.14. The van der Waals surface area contributed by atoms with Gasteiger partial charge in [0, 0.05) is 10.9 Å². The Morgan fingerprint density at radius 2 is 1.88 bits per heavy atom. The number of hydrogen-bond donors (Lipinski definition) is 3. The van der Waals surface area contributed by atoms with Gasteiger partial charge in [-0.3, -0.25) is 4.79 Å². The largest absolute Gasteiger partial charge is 0.508 e. The number of fused-ring (bicyclic) bond motifs is 1. The van der Waals surface area contributed by atoms with Crippen molar-refractivity contribution in [1.29, 1.82) is 0 Å². The summed E-state index contributed by atoms with van der Waals surface area (Å²) in [5, 5.41) is 9.95. The minimum atomic E-state index is 0.207. The summed E-state index contributed by atoms with van der Waals surface area (Å²) in [5.41, 5.74) is 5.88. The quantitative estimate of drug-likeness (QED) is 0.648. The van der Waals surface area contributed by atoms with E-state index in [-0.39, 0.29) is 5.75 Å². The van der Waals surface area contributed by atoms with Crippen molar-refractivity contribution < 1.29 is 9.90 Å². The zero-order chi connectivity index (χ0) is 12.6. The van der Waals surface area contributed by atoms with E-state index in [2.05, 4.69) is 10.7 Å². The molecule has 0 atom stereocenters. The molecule has 2 rings (SSSR count). The molecule has 2 aromatic rings. The van der Waals surface area contributed by atoms with Crippen molar-refractivity contribution in [2.45, 2.75) is 13.8 Å². The van der Waals surface area contributed by atoms with Crippen LogP contribution in [0.2, 0.25) is 0 Å². The Morgan fingerprint density at radius 3 is 2.44 bits per heavy atom. The van der Waals surface area contributed by atoms with Crippen LogP contribution in [0.3, 0.4) is 0 Å². The summed E-state index contributed by atoms with van der Waals surface area (Å²) < 4.78 is 0. The lowest BCUT2D eigenvalue weighted by Crippen LogP contribution is -1.74. The second kappa shape index (κ2) is 7.48. The molecule has 0 bridgehead atoms. The molecule has 0 aliphatic carbocycles. The van der Waals surface area contributed by atoms with Crippen LogP contribution in [0.4, 0.5) is 0 Å². The molecule has 16 heavy (non-hydrogen) atoms. The highest BCUT2D eigenvalue weighted by Crippen LogP contribution is 2.19. The van der Waals surface area contributed by atoms with E-state index in [0.29, 0.717) is 5.69 Å². The van der Waals surface area contributed by atoms with Crippen molar-refractivity contribution in [3.8, 4) is 5.75 Å². The number of carbonyl (C=O) groups is 1. The van der Waals surface area contributed by atoms with Gasteiger partial charge in [0.15, 0.2) is 6.29 Å². The maximum Gasteiger partial charge on any atom is 0.166 e.